The molecule has 1 amide bonds. The predicted octanol–water partition coefficient (Wildman–Crippen LogP) is 3.78. The summed E-state index contributed by atoms with van der Waals surface area (Å²) in [6.07, 6.45) is 5.49. The van der Waals surface area contributed by atoms with Gasteiger partial charge in [-0.15, -0.1) is 0 Å². The third-order valence-corrected chi connectivity index (χ3v) is 7.49. The number of nitrogens with zero attached hydrogens (tertiary/aromatic N) is 4. The van der Waals surface area contributed by atoms with Crippen LogP contribution in [0.2, 0.25) is 0 Å². The summed E-state index contributed by atoms with van der Waals surface area (Å²) in [6, 6.07) is 9.89. The maximum Gasteiger partial charge on any atom is 0.249 e. The molecule has 8 heteroatoms. The first kappa shape index (κ1) is 23.6. The van der Waals surface area contributed by atoms with Crippen molar-refractivity contribution in [1.29, 1.82) is 0 Å². The molecule has 0 radical (unpaired) electrons. The second-order valence-corrected chi connectivity index (χ2v) is 10.7. The van der Waals surface area contributed by atoms with Crippen molar-refractivity contribution in [3.8, 4) is 11.4 Å². The summed E-state index contributed by atoms with van der Waals surface area (Å²) < 4.78 is 5.49. The van der Waals surface area contributed by atoms with Crippen LogP contribution in [-0.4, -0.2) is 51.2 Å². The fourth-order valence-corrected chi connectivity index (χ4v) is 5.59. The fourth-order valence-electron chi connectivity index (χ4n) is 5.59. The molecule has 2 atom stereocenters. The fraction of sp³-hybridized carbons (Fsp3) is 0.481. The molecule has 0 bridgehead atoms. The number of nitrogens with one attached hydrogen (secondary N) is 1. The van der Waals surface area contributed by atoms with Crippen LogP contribution >= 0.6 is 0 Å². The zero-order valence-electron chi connectivity index (χ0n) is 20.8. The third kappa shape index (κ3) is 4.15. The molecule has 2 N–H and O–H groups in total. The monoisotopic (exact) mass is 475 g/mol. The minimum atomic E-state index is -1.25. The topological polar surface area (TPSA) is 104 Å². The number of benzene rings is 1. The highest BCUT2D eigenvalue weighted by atomic mass is 16.5. The molecule has 3 aromatic rings. The molecule has 184 valence electrons. The van der Waals surface area contributed by atoms with Crippen molar-refractivity contribution >= 4 is 5.91 Å². The van der Waals surface area contributed by atoms with Gasteiger partial charge >= 0.3 is 0 Å². The van der Waals surface area contributed by atoms with Crippen molar-refractivity contribution in [1.82, 2.24) is 25.3 Å². The van der Waals surface area contributed by atoms with Crippen molar-refractivity contribution in [3.05, 3.63) is 65.3 Å². The Morgan fingerprint density at radius 2 is 1.94 bits per heavy atom. The first-order valence-corrected chi connectivity index (χ1v) is 12.3. The molecule has 2 aliphatic heterocycles. The lowest BCUT2D eigenvalue weighted by Crippen LogP contribution is -2.63. The molecule has 4 heterocycles. The van der Waals surface area contributed by atoms with Gasteiger partial charge in [0.05, 0.1) is 0 Å². The van der Waals surface area contributed by atoms with Crippen LogP contribution in [0, 0.1) is 5.41 Å². The van der Waals surface area contributed by atoms with Crippen molar-refractivity contribution < 1.29 is 14.4 Å². The molecule has 2 aliphatic rings. The highest BCUT2D eigenvalue weighted by Crippen LogP contribution is 2.50. The zero-order valence-corrected chi connectivity index (χ0v) is 20.8. The van der Waals surface area contributed by atoms with Gasteiger partial charge in [0.1, 0.15) is 11.6 Å². The van der Waals surface area contributed by atoms with Gasteiger partial charge in [-0.1, -0.05) is 50.2 Å². The van der Waals surface area contributed by atoms with Gasteiger partial charge in [-0.05, 0) is 43.0 Å². The summed E-state index contributed by atoms with van der Waals surface area (Å²) in [5.41, 5.74) is 1.79. The highest BCUT2D eigenvalue weighted by Gasteiger charge is 2.55. The van der Waals surface area contributed by atoms with E-state index in [9.17, 15) is 9.90 Å². The molecule has 35 heavy (non-hydrogen) atoms. The lowest BCUT2D eigenvalue weighted by atomic mass is 9.62. The molecule has 0 spiro atoms. The number of carbonyl (C=O) groups is 1. The minimum absolute atomic E-state index is 0.00285. The largest absolute Gasteiger partial charge is 0.380 e. The van der Waals surface area contributed by atoms with Gasteiger partial charge in [-0.2, -0.15) is 4.98 Å². The maximum atomic E-state index is 12.4. The smallest absolute Gasteiger partial charge is 0.249 e. The summed E-state index contributed by atoms with van der Waals surface area (Å²) in [6.45, 7) is 7.96. The van der Waals surface area contributed by atoms with E-state index in [4.69, 9.17) is 4.52 Å². The maximum absolute atomic E-state index is 12.4. The van der Waals surface area contributed by atoms with E-state index >= 15 is 0 Å². The van der Waals surface area contributed by atoms with Crippen LogP contribution in [0.25, 0.3) is 11.4 Å². The SMILES string of the molecule is CC(C)c1ccc([C@](O)(c2cncc(-c3noc([C@@H]4CCCC(=O)N4)n3)c2)C2(C)CN(C)C2)cc1. The van der Waals surface area contributed by atoms with Crippen molar-refractivity contribution in [2.45, 2.75) is 57.6 Å². The molecule has 0 unspecified atom stereocenters. The summed E-state index contributed by atoms with van der Waals surface area (Å²) in [7, 11) is 2.06. The summed E-state index contributed by atoms with van der Waals surface area (Å²) in [5.74, 6) is 1.19. The molecule has 8 nitrogen and oxygen atoms in total. The Morgan fingerprint density at radius 1 is 1.20 bits per heavy atom. The Kier molecular flexibility index (Phi) is 5.97. The van der Waals surface area contributed by atoms with Gasteiger partial charge in [0, 0.05) is 48.4 Å². The number of carbonyl (C=O) groups excluding carboxylic acids is 1. The summed E-state index contributed by atoms with van der Waals surface area (Å²) in [5, 5.41) is 19.5. The predicted molar refractivity (Wildman–Crippen MR) is 131 cm³/mol. The summed E-state index contributed by atoms with van der Waals surface area (Å²) >= 11 is 0. The Bertz CT molecular complexity index is 1220. The van der Waals surface area contributed by atoms with Crippen LogP contribution in [-0.2, 0) is 10.4 Å². The van der Waals surface area contributed by atoms with E-state index in [2.05, 4.69) is 65.3 Å². The van der Waals surface area contributed by atoms with Crippen LogP contribution in [0.15, 0.2) is 47.2 Å². The Morgan fingerprint density at radius 3 is 2.60 bits per heavy atom. The van der Waals surface area contributed by atoms with E-state index < -0.39 is 11.0 Å². The van der Waals surface area contributed by atoms with Gasteiger partial charge in [-0.3, -0.25) is 9.78 Å². The lowest BCUT2D eigenvalue weighted by molar-refractivity contribution is -0.127. The van der Waals surface area contributed by atoms with E-state index in [0.29, 0.717) is 35.2 Å². The number of aromatic nitrogens is 3. The second kappa shape index (κ2) is 8.84. The third-order valence-electron chi connectivity index (χ3n) is 7.49. The number of hydrogen-bond acceptors (Lipinski definition) is 7. The number of piperidine rings is 1. The zero-order chi connectivity index (χ0) is 24.8. The molecule has 0 aliphatic carbocycles. The average Bonchev–Trinajstić information content (AvgIpc) is 3.33. The van der Waals surface area contributed by atoms with E-state index in [1.807, 2.05) is 18.2 Å². The number of amides is 1. The Hall–Kier alpha value is -3.10. The normalized spacial score (nSPS) is 21.9. The number of aliphatic hydroxyl groups is 1. The Labute approximate surface area is 205 Å². The second-order valence-electron chi connectivity index (χ2n) is 10.7. The van der Waals surface area contributed by atoms with E-state index in [-0.39, 0.29) is 11.9 Å². The molecule has 1 aromatic carbocycles. The number of rotatable bonds is 6. The van der Waals surface area contributed by atoms with Crippen molar-refractivity contribution in [2.24, 2.45) is 5.41 Å². The number of pyridine rings is 1. The quantitative estimate of drug-likeness (QED) is 0.559. The lowest BCUT2D eigenvalue weighted by Gasteiger charge is -2.55. The minimum Gasteiger partial charge on any atom is -0.380 e. The van der Waals surface area contributed by atoms with E-state index in [0.717, 1.165) is 31.5 Å². The number of likely N-dealkylation sites (tertiary alicyclic amines) is 1. The molecule has 2 aromatic heterocycles. The molecule has 2 saturated heterocycles. The first-order chi connectivity index (χ1) is 16.7. The average molecular weight is 476 g/mol. The van der Waals surface area contributed by atoms with E-state index in [1.165, 1.54) is 5.56 Å². The van der Waals surface area contributed by atoms with Crippen LogP contribution < -0.4 is 5.32 Å². The van der Waals surface area contributed by atoms with Crippen LogP contribution in [0.3, 0.4) is 0 Å². The standard InChI is InChI=1S/C27H33N5O3/c1-17(2)18-8-10-20(11-9-18)27(34,26(3)15-32(4)16-26)21-12-19(13-28-14-21)24-30-25(35-31-24)22-6-5-7-23(33)29-22/h8-14,17,22,34H,5-7,15-16H2,1-4H3,(H,29,33)/t22-,27-/m0/s1. The van der Waals surface area contributed by atoms with Gasteiger partial charge < -0.3 is 19.8 Å². The van der Waals surface area contributed by atoms with Crippen LogP contribution in [0.4, 0.5) is 0 Å². The molecule has 5 rings (SSSR count). The van der Waals surface area contributed by atoms with Crippen molar-refractivity contribution in [3.63, 3.8) is 0 Å². The highest BCUT2D eigenvalue weighted by molar-refractivity contribution is 5.77. The van der Waals surface area contributed by atoms with Crippen molar-refractivity contribution in [2.75, 3.05) is 20.1 Å². The van der Waals surface area contributed by atoms with Gasteiger partial charge in [-0.25, -0.2) is 0 Å². The van der Waals surface area contributed by atoms with Gasteiger partial charge in [0.15, 0.2) is 0 Å². The van der Waals surface area contributed by atoms with Crippen LogP contribution in [0.1, 0.15) is 74.6 Å². The molecular weight excluding hydrogens is 442 g/mol. The summed E-state index contributed by atoms with van der Waals surface area (Å²) in [4.78, 5) is 23.0. The molecule has 0 saturated carbocycles. The molecule has 2 fully saturated rings. The van der Waals surface area contributed by atoms with E-state index in [1.54, 1.807) is 12.4 Å². The van der Waals surface area contributed by atoms with Crippen LogP contribution in [0.5, 0.6) is 0 Å². The number of hydrogen-bond donors (Lipinski definition) is 2. The Balaban J connectivity index is 1.52. The molecular formula is C27H33N5O3. The van der Waals surface area contributed by atoms with Gasteiger partial charge in [0.25, 0.3) is 0 Å². The van der Waals surface area contributed by atoms with Gasteiger partial charge in [0.2, 0.25) is 17.6 Å². The first-order valence-electron chi connectivity index (χ1n) is 12.3.